The van der Waals surface area contributed by atoms with Crippen LogP contribution in [-0.4, -0.2) is 50.3 Å². The molecule has 29 heavy (non-hydrogen) atoms. The highest BCUT2D eigenvalue weighted by Crippen LogP contribution is 2.29. The van der Waals surface area contributed by atoms with Crippen molar-refractivity contribution in [2.75, 3.05) is 44.2 Å². The Hall–Kier alpha value is -1.63. The number of hydrogen-bond acceptors (Lipinski definition) is 4. The summed E-state index contributed by atoms with van der Waals surface area (Å²) in [5, 5.41) is 3.37. The van der Waals surface area contributed by atoms with Crippen LogP contribution in [0.1, 0.15) is 24.8 Å². The molecular formula is C23H29BrFN3O. The molecule has 2 aliphatic rings. The first-order chi connectivity index (χ1) is 14.2. The summed E-state index contributed by atoms with van der Waals surface area (Å²) in [6.45, 7) is 6.65. The maximum absolute atomic E-state index is 14.1. The molecular weight excluding hydrogens is 433 g/mol. The van der Waals surface area contributed by atoms with E-state index in [0.29, 0.717) is 6.10 Å². The van der Waals surface area contributed by atoms with Crippen LogP contribution in [0.2, 0.25) is 0 Å². The van der Waals surface area contributed by atoms with Crippen molar-refractivity contribution in [3.8, 4) is 5.75 Å². The highest BCUT2D eigenvalue weighted by atomic mass is 79.9. The fourth-order valence-corrected chi connectivity index (χ4v) is 4.69. The monoisotopic (exact) mass is 461 g/mol. The van der Waals surface area contributed by atoms with Crippen LogP contribution in [-0.2, 0) is 6.54 Å². The predicted octanol–water partition coefficient (Wildman–Crippen LogP) is 4.43. The topological polar surface area (TPSA) is 27.7 Å². The molecule has 2 aromatic rings. The zero-order chi connectivity index (χ0) is 20.1. The van der Waals surface area contributed by atoms with Gasteiger partial charge in [0.15, 0.2) is 0 Å². The lowest BCUT2D eigenvalue weighted by Gasteiger charge is -2.25. The van der Waals surface area contributed by atoms with Crippen LogP contribution in [0.4, 0.5) is 10.1 Å². The Labute approximate surface area is 181 Å². The number of ether oxygens (including phenoxy) is 1. The number of anilines is 1. The van der Waals surface area contributed by atoms with E-state index in [9.17, 15) is 4.39 Å². The standard InChI is InChI=1S/C23H29BrFN3O/c24-20-16-18(6-7-23(20)29-19-8-10-26-11-9-19)17-27-12-3-13-28(15-14-27)22-5-2-1-4-21(22)25/h1-2,4-7,16,19,26H,3,8-15,17H2. The minimum absolute atomic E-state index is 0.130. The molecule has 2 saturated heterocycles. The SMILES string of the molecule is Fc1ccccc1N1CCCN(Cc2ccc(OC3CCNCC3)c(Br)c2)CC1. The molecule has 6 heteroatoms. The number of nitrogens with zero attached hydrogens (tertiary/aromatic N) is 2. The van der Waals surface area contributed by atoms with Gasteiger partial charge in [-0.2, -0.15) is 0 Å². The molecule has 0 amide bonds. The molecule has 2 fully saturated rings. The van der Waals surface area contributed by atoms with Crippen LogP contribution < -0.4 is 15.0 Å². The van der Waals surface area contributed by atoms with Crippen molar-refractivity contribution in [3.63, 3.8) is 0 Å². The predicted molar refractivity (Wildman–Crippen MR) is 119 cm³/mol. The van der Waals surface area contributed by atoms with Crippen LogP contribution in [0.5, 0.6) is 5.75 Å². The van der Waals surface area contributed by atoms with Crippen molar-refractivity contribution >= 4 is 21.6 Å². The van der Waals surface area contributed by atoms with E-state index in [1.54, 1.807) is 12.1 Å². The summed E-state index contributed by atoms with van der Waals surface area (Å²) >= 11 is 3.69. The molecule has 156 valence electrons. The van der Waals surface area contributed by atoms with Crippen LogP contribution in [0, 0.1) is 5.82 Å². The lowest BCUT2D eigenvalue weighted by Crippen LogP contribution is -2.34. The second kappa shape index (κ2) is 9.92. The summed E-state index contributed by atoms with van der Waals surface area (Å²) in [5.74, 6) is 0.802. The summed E-state index contributed by atoms with van der Waals surface area (Å²) in [7, 11) is 0. The summed E-state index contributed by atoms with van der Waals surface area (Å²) in [6, 6.07) is 13.5. The number of benzene rings is 2. The Bertz CT molecular complexity index is 812. The molecule has 0 aromatic heterocycles. The first-order valence-electron chi connectivity index (χ1n) is 10.6. The van der Waals surface area contributed by atoms with Gasteiger partial charge in [0.2, 0.25) is 0 Å². The normalized spacial score (nSPS) is 19.2. The quantitative estimate of drug-likeness (QED) is 0.712. The zero-order valence-electron chi connectivity index (χ0n) is 16.7. The molecule has 1 N–H and O–H groups in total. The minimum Gasteiger partial charge on any atom is -0.489 e. The van der Waals surface area contributed by atoms with E-state index in [-0.39, 0.29) is 5.82 Å². The maximum atomic E-state index is 14.1. The lowest BCUT2D eigenvalue weighted by molar-refractivity contribution is 0.161. The van der Waals surface area contributed by atoms with E-state index in [0.717, 1.165) is 81.0 Å². The number of para-hydroxylation sites is 1. The fraction of sp³-hybridized carbons (Fsp3) is 0.478. The Balaban J connectivity index is 1.34. The van der Waals surface area contributed by atoms with E-state index in [2.05, 4.69) is 49.2 Å². The van der Waals surface area contributed by atoms with Gasteiger partial charge in [-0.3, -0.25) is 4.90 Å². The molecule has 0 aliphatic carbocycles. The summed E-state index contributed by atoms with van der Waals surface area (Å²) in [6.07, 6.45) is 3.45. The van der Waals surface area contributed by atoms with Crippen molar-refractivity contribution in [3.05, 3.63) is 58.3 Å². The Kier molecular flexibility index (Phi) is 7.06. The number of piperidine rings is 1. The van der Waals surface area contributed by atoms with E-state index < -0.39 is 0 Å². The molecule has 0 unspecified atom stereocenters. The second-order valence-electron chi connectivity index (χ2n) is 7.90. The average Bonchev–Trinajstić information content (AvgIpc) is 2.97. The molecule has 0 radical (unpaired) electrons. The number of halogens is 2. The molecule has 4 rings (SSSR count). The summed E-state index contributed by atoms with van der Waals surface area (Å²) in [5.41, 5.74) is 1.99. The fourth-order valence-electron chi connectivity index (χ4n) is 4.17. The van der Waals surface area contributed by atoms with Gasteiger partial charge in [-0.1, -0.05) is 18.2 Å². The highest BCUT2D eigenvalue weighted by Gasteiger charge is 2.19. The molecule has 2 heterocycles. The molecule has 2 aliphatic heterocycles. The van der Waals surface area contributed by atoms with Crippen molar-refractivity contribution < 1.29 is 9.13 Å². The number of hydrogen-bond donors (Lipinski definition) is 1. The summed E-state index contributed by atoms with van der Waals surface area (Å²) in [4.78, 5) is 4.62. The Morgan fingerprint density at radius 2 is 1.86 bits per heavy atom. The summed E-state index contributed by atoms with van der Waals surface area (Å²) < 4.78 is 21.3. The van der Waals surface area contributed by atoms with Crippen LogP contribution >= 0.6 is 15.9 Å². The molecule has 2 aromatic carbocycles. The molecule has 0 saturated carbocycles. The average molecular weight is 462 g/mol. The van der Waals surface area contributed by atoms with Crippen molar-refractivity contribution in [2.45, 2.75) is 31.9 Å². The maximum Gasteiger partial charge on any atom is 0.146 e. The first-order valence-corrected chi connectivity index (χ1v) is 11.4. The van der Waals surface area contributed by atoms with Gasteiger partial charge in [-0.25, -0.2) is 4.39 Å². The first kappa shape index (κ1) is 20.6. The minimum atomic E-state index is -0.130. The van der Waals surface area contributed by atoms with Crippen molar-refractivity contribution in [2.24, 2.45) is 0 Å². The van der Waals surface area contributed by atoms with Crippen molar-refractivity contribution in [1.82, 2.24) is 10.2 Å². The third kappa shape index (κ3) is 5.50. The largest absolute Gasteiger partial charge is 0.489 e. The van der Waals surface area contributed by atoms with E-state index in [1.165, 1.54) is 5.56 Å². The smallest absolute Gasteiger partial charge is 0.146 e. The Morgan fingerprint density at radius 1 is 1.03 bits per heavy atom. The van der Waals surface area contributed by atoms with Gasteiger partial charge in [0.05, 0.1) is 10.2 Å². The number of nitrogens with one attached hydrogen (secondary N) is 1. The van der Waals surface area contributed by atoms with Crippen LogP contribution in [0.3, 0.4) is 0 Å². The van der Waals surface area contributed by atoms with Crippen LogP contribution in [0.25, 0.3) is 0 Å². The lowest BCUT2D eigenvalue weighted by atomic mass is 10.1. The third-order valence-corrected chi connectivity index (χ3v) is 6.38. The second-order valence-corrected chi connectivity index (χ2v) is 8.75. The van der Waals surface area contributed by atoms with Gasteiger partial charge in [0.1, 0.15) is 17.7 Å². The molecule has 0 atom stereocenters. The van der Waals surface area contributed by atoms with Gasteiger partial charge >= 0.3 is 0 Å². The molecule has 0 spiro atoms. The van der Waals surface area contributed by atoms with Gasteiger partial charge in [-0.15, -0.1) is 0 Å². The Morgan fingerprint density at radius 3 is 2.66 bits per heavy atom. The molecule has 4 nitrogen and oxygen atoms in total. The zero-order valence-corrected chi connectivity index (χ0v) is 18.3. The van der Waals surface area contributed by atoms with Gasteiger partial charge < -0.3 is 15.0 Å². The van der Waals surface area contributed by atoms with E-state index >= 15 is 0 Å². The number of rotatable bonds is 5. The molecule has 0 bridgehead atoms. The van der Waals surface area contributed by atoms with E-state index in [4.69, 9.17) is 4.74 Å². The van der Waals surface area contributed by atoms with Crippen molar-refractivity contribution in [1.29, 1.82) is 0 Å². The third-order valence-electron chi connectivity index (χ3n) is 5.76. The van der Waals surface area contributed by atoms with Gasteiger partial charge in [0.25, 0.3) is 0 Å². The van der Waals surface area contributed by atoms with E-state index in [1.807, 2.05) is 12.1 Å². The van der Waals surface area contributed by atoms with Gasteiger partial charge in [-0.05, 0) is 78.1 Å². The van der Waals surface area contributed by atoms with Crippen LogP contribution in [0.15, 0.2) is 46.9 Å². The van der Waals surface area contributed by atoms with Gasteiger partial charge in [0, 0.05) is 32.7 Å². The highest BCUT2D eigenvalue weighted by molar-refractivity contribution is 9.10.